The molecule has 1 aromatic rings. The van der Waals surface area contributed by atoms with Crippen molar-refractivity contribution in [1.82, 2.24) is 0 Å². The van der Waals surface area contributed by atoms with Crippen LogP contribution in [0.3, 0.4) is 0 Å². The first-order chi connectivity index (χ1) is 8.46. The molecule has 0 aromatic heterocycles. The summed E-state index contributed by atoms with van der Waals surface area (Å²) < 4.78 is 5.28. The molecule has 0 saturated carbocycles. The number of benzene rings is 1. The molecule has 0 aliphatic heterocycles. The first-order valence-electron chi connectivity index (χ1n) is 6.18. The van der Waals surface area contributed by atoms with E-state index in [-0.39, 0.29) is 29.6 Å². The SMILES string of the molecule is CCc1ccc(NC(N)=NCC(C)(C)OC)cc1.I. The van der Waals surface area contributed by atoms with Gasteiger partial charge in [-0.15, -0.1) is 24.0 Å². The Labute approximate surface area is 132 Å². The van der Waals surface area contributed by atoms with Crippen LogP contribution in [0.15, 0.2) is 29.3 Å². The van der Waals surface area contributed by atoms with Crippen LogP contribution in [0, 0.1) is 0 Å². The molecule has 19 heavy (non-hydrogen) atoms. The highest BCUT2D eigenvalue weighted by atomic mass is 127. The Bertz CT molecular complexity index is 402. The summed E-state index contributed by atoms with van der Waals surface area (Å²) in [6.45, 7) is 6.60. The Morgan fingerprint density at radius 1 is 1.32 bits per heavy atom. The lowest BCUT2D eigenvalue weighted by Crippen LogP contribution is -2.30. The van der Waals surface area contributed by atoms with Crippen LogP contribution in [-0.2, 0) is 11.2 Å². The molecular weight excluding hydrogens is 353 g/mol. The van der Waals surface area contributed by atoms with Crippen LogP contribution in [0.1, 0.15) is 26.3 Å². The summed E-state index contributed by atoms with van der Waals surface area (Å²) in [5.41, 5.74) is 7.78. The fourth-order valence-corrected chi connectivity index (χ4v) is 1.35. The lowest BCUT2D eigenvalue weighted by Gasteiger charge is -2.20. The lowest BCUT2D eigenvalue weighted by atomic mass is 10.1. The van der Waals surface area contributed by atoms with Gasteiger partial charge in [-0.25, -0.2) is 0 Å². The topological polar surface area (TPSA) is 59.6 Å². The maximum atomic E-state index is 5.82. The van der Waals surface area contributed by atoms with Crippen molar-refractivity contribution in [1.29, 1.82) is 0 Å². The molecule has 3 N–H and O–H groups in total. The summed E-state index contributed by atoms with van der Waals surface area (Å²) in [5.74, 6) is 0.407. The van der Waals surface area contributed by atoms with E-state index in [0.29, 0.717) is 12.5 Å². The van der Waals surface area contributed by atoms with Crippen LogP contribution < -0.4 is 11.1 Å². The van der Waals surface area contributed by atoms with Gasteiger partial charge in [0.2, 0.25) is 0 Å². The third-order valence-corrected chi connectivity index (χ3v) is 2.82. The maximum Gasteiger partial charge on any atom is 0.193 e. The van der Waals surface area contributed by atoms with Gasteiger partial charge in [0.25, 0.3) is 0 Å². The number of rotatable bonds is 5. The predicted molar refractivity (Wildman–Crippen MR) is 92.4 cm³/mol. The first kappa shape index (κ1) is 18.2. The zero-order valence-electron chi connectivity index (χ0n) is 12.1. The zero-order chi connectivity index (χ0) is 13.6. The molecule has 0 radical (unpaired) electrons. The van der Waals surface area contributed by atoms with E-state index in [1.807, 2.05) is 26.0 Å². The van der Waals surface area contributed by atoms with Crippen molar-refractivity contribution >= 4 is 35.6 Å². The van der Waals surface area contributed by atoms with Gasteiger partial charge >= 0.3 is 0 Å². The number of nitrogens with zero attached hydrogens (tertiary/aromatic N) is 1. The van der Waals surface area contributed by atoms with E-state index in [4.69, 9.17) is 10.5 Å². The van der Waals surface area contributed by atoms with E-state index in [0.717, 1.165) is 12.1 Å². The van der Waals surface area contributed by atoms with E-state index in [2.05, 4.69) is 29.4 Å². The highest BCUT2D eigenvalue weighted by Crippen LogP contribution is 2.10. The molecule has 0 saturated heterocycles. The Balaban J connectivity index is 0.00000324. The highest BCUT2D eigenvalue weighted by molar-refractivity contribution is 14.0. The number of ether oxygens (including phenoxy) is 1. The van der Waals surface area contributed by atoms with Gasteiger partial charge in [0.15, 0.2) is 5.96 Å². The first-order valence-corrected chi connectivity index (χ1v) is 6.18. The number of aryl methyl sites for hydroxylation is 1. The lowest BCUT2D eigenvalue weighted by molar-refractivity contribution is 0.0312. The molecule has 108 valence electrons. The molecule has 0 amide bonds. The van der Waals surface area contributed by atoms with Crippen LogP contribution in [0.25, 0.3) is 0 Å². The maximum absolute atomic E-state index is 5.82. The third kappa shape index (κ3) is 6.77. The molecular formula is C14H24IN3O. The smallest absolute Gasteiger partial charge is 0.193 e. The van der Waals surface area contributed by atoms with Crippen LogP contribution in [-0.4, -0.2) is 25.2 Å². The Hall–Kier alpha value is -0.820. The van der Waals surface area contributed by atoms with Crippen molar-refractivity contribution in [3.05, 3.63) is 29.8 Å². The Kier molecular flexibility index (Phi) is 8.01. The van der Waals surface area contributed by atoms with Crippen molar-refractivity contribution < 1.29 is 4.74 Å². The van der Waals surface area contributed by atoms with Gasteiger partial charge in [-0.1, -0.05) is 19.1 Å². The zero-order valence-corrected chi connectivity index (χ0v) is 14.4. The Morgan fingerprint density at radius 2 is 1.89 bits per heavy atom. The third-order valence-electron chi connectivity index (χ3n) is 2.82. The van der Waals surface area contributed by atoms with Gasteiger partial charge in [-0.2, -0.15) is 0 Å². The molecule has 0 aliphatic rings. The normalized spacial score (nSPS) is 11.9. The summed E-state index contributed by atoms with van der Waals surface area (Å²) in [4.78, 5) is 4.26. The number of halogens is 1. The number of hydrogen-bond donors (Lipinski definition) is 2. The van der Waals surface area contributed by atoms with Crippen LogP contribution in [0.2, 0.25) is 0 Å². The van der Waals surface area contributed by atoms with E-state index in [1.54, 1.807) is 7.11 Å². The number of hydrogen-bond acceptors (Lipinski definition) is 2. The molecule has 4 nitrogen and oxygen atoms in total. The summed E-state index contributed by atoms with van der Waals surface area (Å²) in [7, 11) is 1.67. The van der Waals surface area contributed by atoms with Crippen LogP contribution in [0.5, 0.6) is 0 Å². The second-order valence-corrected chi connectivity index (χ2v) is 4.84. The number of nitrogens with two attached hydrogens (primary N) is 1. The molecule has 0 unspecified atom stereocenters. The number of guanidine groups is 1. The van der Waals surface area contributed by atoms with Crippen molar-refractivity contribution in [2.24, 2.45) is 10.7 Å². The van der Waals surface area contributed by atoms with E-state index < -0.39 is 0 Å². The second-order valence-electron chi connectivity index (χ2n) is 4.84. The summed E-state index contributed by atoms with van der Waals surface area (Å²) in [6.07, 6.45) is 1.03. The van der Waals surface area contributed by atoms with Crippen molar-refractivity contribution in [3.8, 4) is 0 Å². The second kappa shape index (κ2) is 8.37. The Morgan fingerprint density at radius 3 is 2.37 bits per heavy atom. The molecule has 0 heterocycles. The minimum absolute atomic E-state index is 0. The molecule has 0 fully saturated rings. The molecule has 5 heteroatoms. The van der Waals surface area contributed by atoms with Gasteiger partial charge in [0.1, 0.15) is 0 Å². The molecule has 0 aliphatic carbocycles. The van der Waals surface area contributed by atoms with Crippen molar-refractivity contribution in [3.63, 3.8) is 0 Å². The number of methoxy groups -OCH3 is 1. The number of nitrogens with one attached hydrogen (secondary N) is 1. The average molecular weight is 377 g/mol. The summed E-state index contributed by atoms with van der Waals surface area (Å²) in [6, 6.07) is 8.16. The fourth-order valence-electron chi connectivity index (χ4n) is 1.35. The average Bonchev–Trinajstić information content (AvgIpc) is 2.37. The van der Waals surface area contributed by atoms with Crippen LogP contribution in [0.4, 0.5) is 5.69 Å². The molecule has 0 atom stereocenters. The monoisotopic (exact) mass is 377 g/mol. The van der Waals surface area contributed by atoms with Gasteiger partial charge in [-0.05, 0) is 38.0 Å². The fraction of sp³-hybridized carbons (Fsp3) is 0.500. The van der Waals surface area contributed by atoms with E-state index in [1.165, 1.54) is 5.56 Å². The van der Waals surface area contributed by atoms with Gasteiger partial charge in [0.05, 0.1) is 12.1 Å². The van der Waals surface area contributed by atoms with Crippen molar-refractivity contribution in [2.45, 2.75) is 32.8 Å². The quantitative estimate of drug-likeness (QED) is 0.471. The van der Waals surface area contributed by atoms with Gasteiger partial charge in [0, 0.05) is 12.8 Å². The highest BCUT2D eigenvalue weighted by Gasteiger charge is 2.15. The van der Waals surface area contributed by atoms with Gasteiger partial charge < -0.3 is 15.8 Å². The number of aliphatic imine (C=N–C) groups is 1. The largest absolute Gasteiger partial charge is 0.377 e. The predicted octanol–water partition coefficient (Wildman–Crippen LogP) is 3.02. The van der Waals surface area contributed by atoms with E-state index >= 15 is 0 Å². The van der Waals surface area contributed by atoms with Gasteiger partial charge in [-0.3, -0.25) is 4.99 Å². The minimum Gasteiger partial charge on any atom is -0.377 e. The van der Waals surface area contributed by atoms with Crippen LogP contribution >= 0.6 is 24.0 Å². The standard InChI is InChI=1S/C14H23N3O.HI/c1-5-11-6-8-12(9-7-11)17-13(15)16-10-14(2,3)18-4;/h6-9H,5,10H2,1-4H3,(H3,15,16,17);1H. The summed E-state index contributed by atoms with van der Waals surface area (Å²) in [5, 5.41) is 3.06. The molecule has 1 rings (SSSR count). The van der Waals surface area contributed by atoms with Crippen molar-refractivity contribution in [2.75, 3.05) is 19.0 Å². The minimum atomic E-state index is -0.293. The summed E-state index contributed by atoms with van der Waals surface area (Å²) >= 11 is 0. The molecule has 1 aromatic carbocycles. The number of anilines is 1. The molecule has 0 spiro atoms. The van der Waals surface area contributed by atoms with E-state index in [9.17, 15) is 0 Å². The molecule has 0 bridgehead atoms.